The van der Waals surface area contributed by atoms with Crippen LogP contribution >= 0.6 is 15.9 Å². The highest BCUT2D eigenvalue weighted by atomic mass is 79.9. The van der Waals surface area contributed by atoms with Crippen LogP contribution in [0.2, 0.25) is 0 Å². The Morgan fingerprint density at radius 1 is 1.47 bits per heavy atom. The minimum atomic E-state index is -0.270. The lowest BCUT2D eigenvalue weighted by Crippen LogP contribution is -2.35. The van der Waals surface area contributed by atoms with E-state index in [4.69, 9.17) is 5.73 Å². The fraction of sp³-hybridized carbons (Fsp3) is 0.615. The zero-order valence-corrected chi connectivity index (χ0v) is 12.4. The van der Waals surface area contributed by atoms with Crippen LogP contribution in [0.1, 0.15) is 38.5 Å². The molecular formula is C13H19BrN4O. The summed E-state index contributed by atoms with van der Waals surface area (Å²) in [5, 5.41) is 3.35. The number of amides is 1. The number of aromatic nitrogens is 2. The highest BCUT2D eigenvalue weighted by Crippen LogP contribution is 2.30. The standard InChI is InChI=1S/C13H19BrN4O/c14-10-7-16-8-17-13(10)18-11(6-12(15)19)9-4-2-1-3-5-9/h7-9,11H,1-6H2,(H2,15,19)(H,16,17,18)/t11-/m0/s1. The van der Waals surface area contributed by atoms with E-state index in [0.717, 1.165) is 23.1 Å². The van der Waals surface area contributed by atoms with E-state index in [1.165, 1.54) is 25.6 Å². The molecule has 0 aliphatic heterocycles. The quantitative estimate of drug-likeness (QED) is 0.870. The van der Waals surface area contributed by atoms with Gasteiger partial charge in [0.1, 0.15) is 12.1 Å². The maximum atomic E-state index is 11.3. The first-order valence-corrected chi connectivity index (χ1v) is 7.46. The average Bonchev–Trinajstić information content (AvgIpc) is 2.41. The van der Waals surface area contributed by atoms with E-state index in [-0.39, 0.29) is 11.9 Å². The first-order chi connectivity index (χ1) is 9.16. The zero-order chi connectivity index (χ0) is 13.7. The van der Waals surface area contributed by atoms with Gasteiger partial charge in [0.2, 0.25) is 5.91 Å². The molecule has 1 heterocycles. The number of rotatable bonds is 5. The number of anilines is 1. The van der Waals surface area contributed by atoms with Crippen LogP contribution in [-0.2, 0) is 4.79 Å². The molecule has 0 unspecified atom stereocenters. The third-order valence-electron chi connectivity index (χ3n) is 3.63. The van der Waals surface area contributed by atoms with Gasteiger partial charge in [-0.25, -0.2) is 9.97 Å². The van der Waals surface area contributed by atoms with Crippen molar-refractivity contribution in [2.24, 2.45) is 11.7 Å². The molecular weight excluding hydrogens is 308 g/mol. The number of primary amides is 1. The third kappa shape index (κ3) is 4.16. The molecule has 0 saturated heterocycles. The molecule has 2 rings (SSSR count). The Labute approximate surface area is 121 Å². The minimum Gasteiger partial charge on any atom is -0.370 e. The topological polar surface area (TPSA) is 80.9 Å². The van der Waals surface area contributed by atoms with Crippen LogP contribution in [0.5, 0.6) is 0 Å². The van der Waals surface area contributed by atoms with Crippen molar-refractivity contribution in [3.63, 3.8) is 0 Å². The molecule has 5 nitrogen and oxygen atoms in total. The van der Waals surface area contributed by atoms with Crippen LogP contribution in [0.4, 0.5) is 5.82 Å². The lowest BCUT2D eigenvalue weighted by atomic mass is 9.82. The maximum Gasteiger partial charge on any atom is 0.219 e. The molecule has 104 valence electrons. The van der Waals surface area contributed by atoms with Gasteiger partial charge in [-0.1, -0.05) is 19.3 Å². The minimum absolute atomic E-state index is 0.0593. The number of carbonyl (C=O) groups excluding carboxylic acids is 1. The molecule has 3 N–H and O–H groups in total. The zero-order valence-electron chi connectivity index (χ0n) is 10.8. The number of nitrogens with one attached hydrogen (secondary N) is 1. The molecule has 1 aliphatic carbocycles. The smallest absolute Gasteiger partial charge is 0.219 e. The Balaban J connectivity index is 2.08. The Hall–Kier alpha value is -1.17. The van der Waals surface area contributed by atoms with Crippen molar-refractivity contribution < 1.29 is 4.79 Å². The fourth-order valence-electron chi connectivity index (χ4n) is 2.68. The summed E-state index contributed by atoms with van der Waals surface area (Å²) in [5.74, 6) is 0.947. The van der Waals surface area contributed by atoms with Crippen molar-refractivity contribution in [3.05, 3.63) is 17.0 Å². The van der Waals surface area contributed by atoms with Gasteiger partial charge in [-0.2, -0.15) is 0 Å². The number of carbonyl (C=O) groups is 1. The summed E-state index contributed by atoms with van der Waals surface area (Å²) in [6, 6.07) is 0.0593. The monoisotopic (exact) mass is 326 g/mol. The van der Waals surface area contributed by atoms with Gasteiger partial charge in [-0.15, -0.1) is 0 Å². The predicted octanol–water partition coefficient (Wildman–Crippen LogP) is 2.48. The summed E-state index contributed by atoms with van der Waals surface area (Å²) in [4.78, 5) is 19.4. The Kier molecular flexibility index (Phi) is 5.13. The number of nitrogens with two attached hydrogens (primary N) is 1. The molecule has 1 saturated carbocycles. The maximum absolute atomic E-state index is 11.3. The fourth-order valence-corrected chi connectivity index (χ4v) is 3.02. The van der Waals surface area contributed by atoms with Crippen LogP contribution in [0.25, 0.3) is 0 Å². The lowest BCUT2D eigenvalue weighted by molar-refractivity contribution is -0.118. The number of hydrogen-bond acceptors (Lipinski definition) is 4. The molecule has 1 aromatic rings. The van der Waals surface area contributed by atoms with Gasteiger partial charge >= 0.3 is 0 Å². The van der Waals surface area contributed by atoms with Crippen LogP contribution in [0.3, 0.4) is 0 Å². The van der Waals surface area contributed by atoms with Crippen molar-refractivity contribution in [3.8, 4) is 0 Å². The van der Waals surface area contributed by atoms with Crippen LogP contribution in [-0.4, -0.2) is 21.9 Å². The van der Waals surface area contributed by atoms with Gasteiger partial charge in [0.25, 0.3) is 0 Å². The summed E-state index contributed by atoms with van der Waals surface area (Å²) >= 11 is 3.41. The van der Waals surface area contributed by atoms with Gasteiger partial charge in [0.15, 0.2) is 0 Å². The number of nitrogens with zero attached hydrogens (tertiary/aromatic N) is 2. The Bertz CT molecular complexity index is 434. The highest BCUT2D eigenvalue weighted by molar-refractivity contribution is 9.10. The second-order valence-corrected chi connectivity index (χ2v) is 5.89. The summed E-state index contributed by atoms with van der Waals surface area (Å²) in [5.41, 5.74) is 5.37. The summed E-state index contributed by atoms with van der Waals surface area (Å²) in [6.07, 6.45) is 9.57. The number of halogens is 1. The van der Waals surface area contributed by atoms with E-state index >= 15 is 0 Å². The molecule has 1 aromatic heterocycles. The summed E-state index contributed by atoms with van der Waals surface area (Å²) in [7, 11) is 0. The second kappa shape index (κ2) is 6.84. The Morgan fingerprint density at radius 3 is 2.84 bits per heavy atom. The van der Waals surface area contributed by atoms with Crippen molar-refractivity contribution in [1.82, 2.24) is 9.97 Å². The molecule has 0 bridgehead atoms. The van der Waals surface area contributed by atoms with Gasteiger partial charge in [0.05, 0.1) is 4.47 Å². The van der Waals surface area contributed by atoms with Crippen molar-refractivity contribution in [2.45, 2.75) is 44.6 Å². The molecule has 6 heteroatoms. The van der Waals surface area contributed by atoms with E-state index in [1.807, 2.05) is 0 Å². The molecule has 0 spiro atoms. The molecule has 1 aliphatic rings. The van der Waals surface area contributed by atoms with E-state index in [1.54, 1.807) is 6.20 Å². The average molecular weight is 327 g/mol. The normalized spacial score (nSPS) is 17.9. The molecule has 0 aromatic carbocycles. The first-order valence-electron chi connectivity index (χ1n) is 6.67. The van der Waals surface area contributed by atoms with Gasteiger partial charge < -0.3 is 11.1 Å². The highest BCUT2D eigenvalue weighted by Gasteiger charge is 2.25. The molecule has 1 atom stereocenters. The summed E-state index contributed by atoms with van der Waals surface area (Å²) < 4.78 is 0.806. The van der Waals surface area contributed by atoms with E-state index in [9.17, 15) is 4.79 Å². The van der Waals surface area contributed by atoms with Crippen LogP contribution < -0.4 is 11.1 Å². The summed E-state index contributed by atoms with van der Waals surface area (Å²) in [6.45, 7) is 0. The largest absolute Gasteiger partial charge is 0.370 e. The molecule has 1 fully saturated rings. The molecule has 19 heavy (non-hydrogen) atoms. The Morgan fingerprint density at radius 2 is 2.21 bits per heavy atom. The molecule has 0 radical (unpaired) electrons. The second-order valence-electron chi connectivity index (χ2n) is 5.04. The van der Waals surface area contributed by atoms with Gasteiger partial charge in [-0.05, 0) is 34.7 Å². The molecule has 1 amide bonds. The van der Waals surface area contributed by atoms with Gasteiger partial charge in [-0.3, -0.25) is 4.79 Å². The van der Waals surface area contributed by atoms with E-state index < -0.39 is 0 Å². The predicted molar refractivity (Wildman–Crippen MR) is 77.5 cm³/mol. The van der Waals surface area contributed by atoms with Crippen molar-refractivity contribution in [2.75, 3.05) is 5.32 Å². The third-order valence-corrected chi connectivity index (χ3v) is 4.21. The van der Waals surface area contributed by atoms with E-state index in [2.05, 4.69) is 31.2 Å². The number of hydrogen-bond donors (Lipinski definition) is 2. The van der Waals surface area contributed by atoms with Crippen LogP contribution in [0, 0.1) is 5.92 Å². The van der Waals surface area contributed by atoms with Crippen molar-refractivity contribution in [1.29, 1.82) is 0 Å². The first kappa shape index (κ1) is 14.2. The van der Waals surface area contributed by atoms with Crippen molar-refractivity contribution >= 4 is 27.7 Å². The lowest BCUT2D eigenvalue weighted by Gasteiger charge is -2.30. The van der Waals surface area contributed by atoms with Gasteiger partial charge in [0, 0.05) is 18.7 Å². The SMILES string of the molecule is NC(=O)C[C@H](Nc1ncncc1Br)C1CCCCC1. The van der Waals surface area contributed by atoms with Crippen LogP contribution in [0.15, 0.2) is 17.0 Å². The van der Waals surface area contributed by atoms with E-state index in [0.29, 0.717) is 12.3 Å².